The first-order chi connectivity index (χ1) is 4.84. The molecule has 0 amide bonds. The van der Waals surface area contributed by atoms with Gasteiger partial charge < -0.3 is 5.11 Å². The Morgan fingerprint density at radius 2 is 2.10 bits per heavy atom. The molecular weight excluding hydrogens is 124 g/mol. The van der Waals surface area contributed by atoms with Gasteiger partial charge in [-0.3, -0.25) is 0 Å². The molecule has 1 heteroatoms. The van der Waals surface area contributed by atoms with Gasteiger partial charge in [0.2, 0.25) is 0 Å². The molecule has 0 radical (unpaired) electrons. The number of aliphatic hydroxyl groups excluding tert-OH is 1. The second-order valence-electron chi connectivity index (χ2n) is 3.40. The molecule has 1 N–H and O–H groups in total. The molecule has 0 unspecified atom stereocenters. The van der Waals surface area contributed by atoms with Gasteiger partial charge in [0.25, 0.3) is 0 Å². The average Bonchev–Trinajstić information content (AvgIpc) is 2.69. The van der Waals surface area contributed by atoms with Crippen molar-refractivity contribution in [2.45, 2.75) is 51.6 Å². The Bertz CT molecular complexity index is 86.7. The normalized spacial score (nSPS) is 21.0. The predicted octanol–water partition coefficient (Wildman–Crippen LogP) is 2.34. The number of hydrogen-bond donors (Lipinski definition) is 1. The van der Waals surface area contributed by atoms with Crippen LogP contribution in [0.4, 0.5) is 0 Å². The quantitative estimate of drug-likeness (QED) is 0.584. The van der Waals surface area contributed by atoms with Crippen molar-refractivity contribution in [1.29, 1.82) is 0 Å². The third kappa shape index (κ3) is 2.70. The molecule has 1 aliphatic carbocycles. The lowest BCUT2D eigenvalue weighted by Crippen LogP contribution is -2.08. The van der Waals surface area contributed by atoms with Crippen molar-refractivity contribution in [2.24, 2.45) is 5.92 Å². The van der Waals surface area contributed by atoms with Crippen LogP contribution in [0.25, 0.3) is 0 Å². The highest BCUT2D eigenvalue weighted by Gasteiger charge is 2.28. The molecule has 1 atom stereocenters. The van der Waals surface area contributed by atoms with E-state index in [0.717, 1.165) is 6.42 Å². The molecule has 0 aromatic carbocycles. The molecule has 60 valence electrons. The minimum atomic E-state index is 0.0338. The lowest BCUT2D eigenvalue weighted by atomic mass is 10.1. The van der Waals surface area contributed by atoms with E-state index in [1.54, 1.807) is 0 Å². The highest BCUT2D eigenvalue weighted by molar-refractivity contribution is 4.80. The van der Waals surface area contributed by atoms with Crippen LogP contribution in [0, 0.1) is 5.92 Å². The van der Waals surface area contributed by atoms with Crippen LogP contribution in [0.2, 0.25) is 0 Å². The van der Waals surface area contributed by atoms with E-state index in [4.69, 9.17) is 0 Å². The van der Waals surface area contributed by atoms with Gasteiger partial charge in [-0.25, -0.2) is 0 Å². The number of aliphatic hydroxyl groups is 1. The molecule has 0 spiro atoms. The zero-order valence-electron chi connectivity index (χ0n) is 6.84. The number of rotatable bonds is 5. The Morgan fingerprint density at radius 1 is 1.40 bits per heavy atom. The van der Waals surface area contributed by atoms with Gasteiger partial charge in [0.1, 0.15) is 0 Å². The van der Waals surface area contributed by atoms with E-state index in [0.29, 0.717) is 5.92 Å². The fourth-order valence-electron chi connectivity index (χ4n) is 1.32. The predicted molar refractivity (Wildman–Crippen MR) is 42.9 cm³/mol. The topological polar surface area (TPSA) is 20.2 Å². The Labute approximate surface area is 63.4 Å². The maximum absolute atomic E-state index is 9.42. The number of hydrogen-bond acceptors (Lipinski definition) is 1. The van der Waals surface area contributed by atoms with Crippen LogP contribution >= 0.6 is 0 Å². The van der Waals surface area contributed by atoms with Gasteiger partial charge in [0.15, 0.2) is 0 Å². The Balaban J connectivity index is 1.90. The summed E-state index contributed by atoms with van der Waals surface area (Å²) < 4.78 is 0. The van der Waals surface area contributed by atoms with E-state index >= 15 is 0 Å². The lowest BCUT2D eigenvalue weighted by Gasteiger charge is -2.06. The molecule has 0 heterocycles. The van der Waals surface area contributed by atoms with Gasteiger partial charge in [-0.1, -0.05) is 26.2 Å². The molecule has 1 aliphatic rings. The SMILES string of the molecule is CCCCC[C@H](O)C1CC1. The van der Waals surface area contributed by atoms with Crippen LogP contribution in [0.3, 0.4) is 0 Å². The van der Waals surface area contributed by atoms with Gasteiger partial charge in [0, 0.05) is 0 Å². The van der Waals surface area contributed by atoms with Crippen molar-refractivity contribution in [3.05, 3.63) is 0 Å². The molecule has 0 bridgehead atoms. The van der Waals surface area contributed by atoms with Crippen LogP contribution in [0.15, 0.2) is 0 Å². The van der Waals surface area contributed by atoms with Crippen molar-refractivity contribution in [1.82, 2.24) is 0 Å². The summed E-state index contributed by atoms with van der Waals surface area (Å²) in [5.74, 6) is 0.678. The Morgan fingerprint density at radius 3 is 2.60 bits per heavy atom. The summed E-state index contributed by atoms with van der Waals surface area (Å²) in [6.07, 6.45) is 7.38. The molecule has 1 nitrogen and oxygen atoms in total. The van der Waals surface area contributed by atoms with Crippen LogP contribution in [0.1, 0.15) is 45.4 Å². The first kappa shape index (κ1) is 8.06. The summed E-state index contributed by atoms with van der Waals surface area (Å²) in [7, 11) is 0. The second kappa shape index (κ2) is 3.97. The van der Waals surface area contributed by atoms with Gasteiger partial charge >= 0.3 is 0 Å². The maximum atomic E-state index is 9.42. The van der Waals surface area contributed by atoms with E-state index in [-0.39, 0.29) is 6.10 Å². The molecule has 1 fully saturated rings. The van der Waals surface area contributed by atoms with Gasteiger partial charge in [0.05, 0.1) is 6.10 Å². The summed E-state index contributed by atoms with van der Waals surface area (Å²) in [4.78, 5) is 0. The van der Waals surface area contributed by atoms with E-state index in [1.807, 2.05) is 0 Å². The molecule has 0 aliphatic heterocycles. The van der Waals surface area contributed by atoms with Crippen molar-refractivity contribution in [3.63, 3.8) is 0 Å². The third-order valence-electron chi connectivity index (χ3n) is 2.27. The van der Waals surface area contributed by atoms with Crippen molar-refractivity contribution < 1.29 is 5.11 Å². The standard InChI is InChI=1S/C9H18O/c1-2-3-4-5-9(10)8-6-7-8/h8-10H,2-7H2,1H3/t9-/m0/s1. The van der Waals surface area contributed by atoms with Gasteiger partial charge in [-0.05, 0) is 25.2 Å². The fourth-order valence-corrected chi connectivity index (χ4v) is 1.32. The molecule has 0 saturated heterocycles. The number of unbranched alkanes of at least 4 members (excludes halogenated alkanes) is 2. The Hall–Kier alpha value is -0.0400. The minimum Gasteiger partial charge on any atom is -0.393 e. The highest BCUT2D eigenvalue weighted by atomic mass is 16.3. The average molecular weight is 142 g/mol. The summed E-state index contributed by atoms with van der Waals surface area (Å²) in [6, 6.07) is 0. The van der Waals surface area contributed by atoms with E-state index in [1.165, 1.54) is 32.1 Å². The summed E-state index contributed by atoms with van der Waals surface area (Å²) in [5, 5.41) is 9.42. The molecule has 1 saturated carbocycles. The van der Waals surface area contributed by atoms with Crippen LogP contribution < -0.4 is 0 Å². The summed E-state index contributed by atoms with van der Waals surface area (Å²) in [5.41, 5.74) is 0. The van der Waals surface area contributed by atoms with Crippen LogP contribution in [-0.4, -0.2) is 11.2 Å². The van der Waals surface area contributed by atoms with Crippen molar-refractivity contribution in [2.75, 3.05) is 0 Å². The minimum absolute atomic E-state index is 0.0338. The monoisotopic (exact) mass is 142 g/mol. The van der Waals surface area contributed by atoms with E-state index in [9.17, 15) is 5.11 Å². The first-order valence-corrected chi connectivity index (χ1v) is 4.52. The molecule has 0 aromatic heterocycles. The third-order valence-corrected chi connectivity index (χ3v) is 2.27. The fraction of sp³-hybridized carbons (Fsp3) is 1.00. The first-order valence-electron chi connectivity index (χ1n) is 4.52. The second-order valence-corrected chi connectivity index (χ2v) is 3.40. The van der Waals surface area contributed by atoms with Crippen molar-refractivity contribution >= 4 is 0 Å². The van der Waals surface area contributed by atoms with E-state index in [2.05, 4.69) is 6.92 Å². The smallest absolute Gasteiger partial charge is 0.0568 e. The lowest BCUT2D eigenvalue weighted by molar-refractivity contribution is 0.138. The van der Waals surface area contributed by atoms with Gasteiger partial charge in [-0.2, -0.15) is 0 Å². The van der Waals surface area contributed by atoms with Crippen LogP contribution in [-0.2, 0) is 0 Å². The summed E-state index contributed by atoms with van der Waals surface area (Å²) in [6.45, 7) is 2.20. The maximum Gasteiger partial charge on any atom is 0.0568 e. The molecule has 10 heavy (non-hydrogen) atoms. The Kier molecular flexibility index (Phi) is 3.20. The molecule has 1 rings (SSSR count). The van der Waals surface area contributed by atoms with E-state index < -0.39 is 0 Å². The van der Waals surface area contributed by atoms with Crippen molar-refractivity contribution in [3.8, 4) is 0 Å². The largest absolute Gasteiger partial charge is 0.393 e. The zero-order chi connectivity index (χ0) is 7.40. The van der Waals surface area contributed by atoms with Gasteiger partial charge in [-0.15, -0.1) is 0 Å². The highest BCUT2D eigenvalue weighted by Crippen LogP contribution is 2.34. The molecular formula is C9H18O. The summed E-state index contributed by atoms with van der Waals surface area (Å²) >= 11 is 0. The van der Waals surface area contributed by atoms with Crippen LogP contribution in [0.5, 0.6) is 0 Å². The zero-order valence-corrected chi connectivity index (χ0v) is 6.84. The molecule has 0 aromatic rings.